The van der Waals surface area contributed by atoms with Crippen LogP contribution in [0.15, 0.2) is 54.9 Å². The van der Waals surface area contributed by atoms with Gasteiger partial charge in [0.2, 0.25) is 0 Å². The number of aromatic nitrogens is 3. The molecular formula is C19H16N6O. The van der Waals surface area contributed by atoms with E-state index in [1.165, 1.54) is 0 Å². The summed E-state index contributed by atoms with van der Waals surface area (Å²) in [6.07, 6.45) is 3.38. The van der Waals surface area contributed by atoms with Crippen LogP contribution < -0.4 is 10.6 Å². The third-order valence-corrected chi connectivity index (χ3v) is 3.53. The fraction of sp³-hybridized carbons (Fsp3) is 0.105. The van der Waals surface area contributed by atoms with Gasteiger partial charge in [0, 0.05) is 30.7 Å². The van der Waals surface area contributed by atoms with E-state index in [1.54, 1.807) is 49.6 Å². The van der Waals surface area contributed by atoms with Crippen LogP contribution in [0.4, 0.5) is 11.5 Å². The molecule has 0 saturated heterocycles. The highest BCUT2D eigenvalue weighted by Gasteiger charge is 2.10. The Balaban J connectivity index is 1.72. The van der Waals surface area contributed by atoms with Crippen LogP contribution in [0.25, 0.3) is 0 Å². The molecule has 26 heavy (non-hydrogen) atoms. The van der Waals surface area contributed by atoms with Gasteiger partial charge in [0.25, 0.3) is 5.91 Å². The molecule has 0 bridgehead atoms. The molecule has 7 nitrogen and oxygen atoms in total. The van der Waals surface area contributed by atoms with Crippen LogP contribution >= 0.6 is 0 Å². The largest absolute Gasteiger partial charge is 0.347 e. The molecule has 0 radical (unpaired) electrons. The van der Waals surface area contributed by atoms with E-state index in [2.05, 4.69) is 31.7 Å². The van der Waals surface area contributed by atoms with Crippen LogP contribution in [0.2, 0.25) is 0 Å². The van der Waals surface area contributed by atoms with Gasteiger partial charge in [-0.05, 0) is 42.8 Å². The smallest absolute Gasteiger partial charge is 0.270 e. The molecule has 0 aliphatic rings. The number of pyridine rings is 1. The molecule has 0 spiro atoms. The second kappa shape index (κ2) is 7.85. The maximum atomic E-state index is 12.4. The fourth-order valence-electron chi connectivity index (χ4n) is 2.30. The van der Waals surface area contributed by atoms with Gasteiger partial charge in [0.15, 0.2) is 0 Å². The highest BCUT2D eigenvalue weighted by Crippen LogP contribution is 2.16. The molecule has 128 valence electrons. The summed E-state index contributed by atoms with van der Waals surface area (Å²) >= 11 is 0. The molecule has 2 heterocycles. The van der Waals surface area contributed by atoms with Gasteiger partial charge >= 0.3 is 0 Å². The first-order chi connectivity index (χ1) is 12.6. The van der Waals surface area contributed by atoms with Crippen molar-refractivity contribution in [2.24, 2.45) is 0 Å². The normalized spacial score (nSPS) is 10.0. The van der Waals surface area contributed by atoms with Gasteiger partial charge in [-0.3, -0.25) is 9.78 Å². The third kappa shape index (κ3) is 4.39. The number of hydrogen-bond acceptors (Lipinski definition) is 6. The topological polar surface area (TPSA) is 104 Å². The molecule has 0 fully saturated rings. The molecule has 3 rings (SSSR count). The van der Waals surface area contributed by atoms with Crippen molar-refractivity contribution in [2.45, 2.75) is 13.5 Å². The zero-order valence-corrected chi connectivity index (χ0v) is 14.1. The monoisotopic (exact) mass is 344 g/mol. The summed E-state index contributed by atoms with van der Waals surface area (Å²) < 4.78 is 0. The van der Waals surface area contributed by atoms with Gasteiger partial charge in [0.05, 0.1) is 11.6 Å². The summed E-state index contributed by atoms with van der Waals surface area (Å²) in [5.41, 5.74) is 2.52. The highest BCUT2D eigenvalue weighted by molar-refractivity contribution is 5.93. The third-order valence-electron chi connectivity index (χ3n) is 3.53. The number of benzene rings is 1. The molecule has 2 N–H and O–H groups in total. The molecule has 0 aliphatic carbocycles. The fourth-order valence-corrected chi connectivity index (χ4v) is 2.30. The zero-order valence-electron chi connectivity index (χ0n) is 14.1. The lowest BCUT2D eigenvalue weighted by Crippen LogP contribution is -2.24. The SMILES string of the molecule is Cc1nc(Nc2ccc(C#N)cc2)cc(C(=O)NCc2cccnc2)n1. The summed E-state index contributed by atoms with van der Waals surface area (Å²) in [6.45, 7) is 2.09. The number of hydrogen-bond donors (Lipinski definition) is 2. The number of carbonyl (C=O) groups excluding carboxylic acids is 1. The van der Waals surface area contributed by atoms with E-state index in [0.29, 0.717) is 23.8 Å². The molecule has 0 aliphatic heterocycles. The molecule has 3 aromatic rings. The van der Waals surface area contributed by atoms with E-state index >= 15 is 0 Å². The number of aryl methyl sites for hydroxylation is 1. The first-order valence-electron chi connectivity index (χ1n) is 7.94. The number of nitrogens with zero attached hydrogens (tertiary/aromatic N) is 4. The average molecular weight is 344 g/mol. The second-order valence-corrected chi connectivity index (χ2v) is 5.54. The van der Waals surface area contributed by atoms with Gasteiger partial charge < -0.3 is 10.6 Å². The quantitative estimate of drug-likeness (QED) is 0.737. The predicted octanol–water partition coefficient (Wildman–Crippen LogP) is 2.73. The second-order valence-electron chi connectivity index (χ2n) is 5.54. The van der Waals surface area contributed by atoms with Gasteiger partial charge in [-0.1, -0.05) is 6.07 Å². The van der Waals surface area contributed by atoms with Crippen molar-refractivity contribution >= 4 is 17.4 Å². The molecule has 1 aromatic carbocycles. The Bertz CT molecular complexity index is 948. The number of anilines is 2. The average Bonchev–Trinajstić information content (AvgIpc) is 2.67. The molecule has 7 heteroatoms. The maximum Gasteiger partial charge on any atom is 0.270 e. The minimum Gasteiger partial charge on any atom is -0.347 e. The van der Waals surface area contributed by atoms with Crippen molar-refractivity contribution in [3.8, 4) is 6.07 Å². The van der Waals surface area contributed by atoms with Crippen LogP contribution in [0.5, 0.6) is 0 Å². The lowest BCUT2D eigenvalue weighted by atomic mass is 10.2. The number of rotatable bonds is 5. The summed E-state index contributed by atoms with van der Waals surface area (Å²) in [5.74, 6) is 0.700. The van der Waals surface area contributed by atoms with Crippen LogP contribution in [0.3, 0.4) is 0 Å². The van der Waals surface area contributed by atoms with Gasteiger partial charge in [-0.2, -0.15) is 5.26 Å². The van der Waals surface area contributed by atoms with Crippen molar-refractivity contribution in [3.05, 3.63) is 77.5 Å². The minimum absolute atomic E-state index is 0.275. The molecule has 1 amide bonds. The van der Waals surface area contributed by atoms with Crippen LogP contribution in [0, 0.1) is 18.3 Å². The van der Waals surface area contributed by atoms with E-state index in [0.717, 1.165) is 11.3 Å². The molecule has 0 unspecified atom stereocenters. The van der Waals surface area contributed by atoms with Gasteiger partial charge in [-0.15, -0.1) is 0 Å². The van der Waals surface area contributed by atoms with Crippen molar-refractivity contribution in [3.63, 3.8) is 0 Å². The van der Waals surface area contributed by atoms with Crippen molar-refractivity contribution in [1.29, 1.82) is 5.26 Å². The molecule has 0 saturated carbocycles. The Kier molecular flexibility index (Phi) is 5.15. The first kappa shape index (κ1) is 17.0. The Hall–Kier alpha value is -3.79. The summed E-state index contributed by atoms with van der Waals surface area (Å²) in [7, 11) is 0. The minimum atomic E-state index is -0.290. The Morgan fingerprint density at radius 1 is 1.19 bits per heavy atom. The Morgan fingerprint density at radius 3 is 2.69 bits per heavy atom. The van der Waals surface area contributed by atoms with Crippen molar-refractivity contribution in [1.82, 2.24) is 20.3 Å². The van der Waals surface area contributed by atoms with E-state index < -0.39 is 0 Å². The van der Waals surface area contributed by atoms with Crippen molar-refractivity contribution in [2.75, 3.05) is 5.32 Å². The van der Waals surface area contributed by atoms with Crippen LogP contribution in [0.1, 0.15) is 27.4 Å². The number of nitrogens with one attached hydrogen (secondary N) is 2. The molecule has 0 atom stereocenters. The summed E-state index contributed by atoms with van der Waals surface area (Å²) in [6, 6.07) is 14.3. The van der Waals surface area contributed by atoms with Gasteiger partial charge in [0.1, 0.15) is 17.3 Å². The van der Waals surface area contributed by atoms with Crippen molar-refractivity contribution < 1.29 is 4.79 Å². The summed E-state index contributed by atoms with van der Waals surface area (Å²) in [4.78, 5) is 24.9. The van der Waals surface area contributed by atoms with E-state index in [4.69, 9.17) is 5.26 Å². The zero-order chi connectivity index (χ0) is 18.4. The number of carbonyl (C=O) groups is 1. The predicted molar refractivity (Wildman–Crippen MR) is 96.6 cm³/mol. The number of amides is 1. The first-order valence-corrected chi connectivity index (χ1v) is 7.94. The Labute approximate surface area is 150 Å². The lowest BCUT2D eigenvalue weighted by Gasteiger charge is -2.09. The Morgan fingerprint density at radius 2 is 2.00 bits per heavy atom. The lowest BCUT2D eigenvalue weighted by molar-refractivity contribution is 0.0945. The van der Waals surface area contributed by atoms with Crippen LogP contribution in [-0.2, 0) is 6.54 Å². The standard InChI is InChI=1S/C19H16N6O/c1-13-23-17(19(26)22-12-15-3-2-8-21-11-15)9-18(24-13)25-16-6-4-14(10-20)5-7-16/h2-9,11H,12H2,1H3,(H,22,26)(H,23,24,25). The molecule has 2 aromatic heterocycles. The van der Waals surface area contributed by atoms with E-state index in [9.17, 15) is 4.79 Å². The van der Waals surface area contributed by atoms with Gasteiger partial charge in [-0.25, -0.2) is 9.97 Å². The maximum absolute atomic E-state index is 12.4. The highest BCUT2D eigenvalue weighted by atomic mass is 16.1. The summed E-state index contributed by atoms with van der Waals surface area (Å²) in [5, 5.41) is 14.8. The van der Waals surface area contributed by atoms with Crippen LogP contribution in [-0.4, -0.2) is 20.9 Å². The molecular weight excluding hydrogens is 328 g/mol. The van der Waals surface area contributed by atoms with E-state index in [1.807, 2.05) is 12.1 Å². The number of nitriles is 1. The van der Waals surface area contributed by atoms with E-state index in [-0.39, 0.29) is 11.6 Å².